The smallest absolute Gasteiger partial charge is 0.324 e. The molecule has 0 fully saturated rings. The summed E-state index contributed by atoms with van der Waals surface area (Å²) in [5, 5.41) is 10.6. The maximum absolute atomic E-state index is 11.2. The van der Waals surface area contributed by atoms with Gasteiger partial charge in [0.2, 0.25) is 0 Å². The molecule has 0 saturated heterocycles. The van der Waals surface area contributed by atoms with E-state index in [1.807, 2.05) is 0 Å². The summed E-state index contributed by atoms with van der Waals surface area (Å²) >= 11 is 0. The van der Waals surface area contributed by atoms with Crippen LogP contribution in [-0.2, 0) is 14.3 Å². The summed E-state index contributed by atoms with van der Waals surface area (Å²) < 4.78 is 4.65. The highest BCUT2D eigenvalue weighted by Gasteiger charge is 2.36. The van der Waals surface area contributed by atoms with Gasteiger partial charge in [0.05, 0.1) is 13.0 Å². The number of amides is 1. The Bertz CT molecular complexity index is 385. The Morgan fingerprint density at radius 1 is 1.69 bits per heavy atom. The topological polar surface area (TPSA) is 98.9 Å². The molecule has 86 valence electrons. The Balaban J connectivity index is 2.80. The Morgan fingerprint density at radius 3 is 2.94 bits per heavy atom. The molecule has 1 heterocycles. The van der Waals surface area contributed by atoms with Gasteiger partial charge in [0.1, 0.15) is 0 Å². The molecule has 0 saturated carbocycles. The number of nitrogens with zero attached hydrogens (tertiary/aromatic N) is 2. The maximum Gasteiger partial charge on any atom is 0.324 e. The van der Waals surface area contributed by atoms with Crippen LogP contribution in [0, 0.1) is 10.1 Å². The molecule has 0 spiro atoms. The molecule has 0 bridgehead atoms. The fourth-order valence-electron chi connectivity index (χ4n) is 1.29. The molecule has 1 atom stereocenters. The van der Waals surface area contributed by atoms with Crippen molar-refractivity contribution in [3.63, 3.8) is 0 Å². The number of esters is 1. The van der Waals surface area contributed by atoms with Crippen LogP contribution in [0.4, 0.5) is 0 Å². The van der Waals surface area contributed by atoms with E-state index in [0.29, 0.717) is 0 Å². The number of ether oxygens (including phenoxy) is 1. The van der Waals surface area contributed by atoms with Crippen LogP contribution in [0.15, 0.2) is 16.6 Å². The van der Waals surface area contributed by atoms with Gasteiger partial charge in [0.15, 0.2) is 0 Å². The largest absolute Gasteiger partial charge is 0.466 e. The standard InChI is InChI=1S/C9H10N2O5/c1-2-16-7(12)5-6-3-4-10-9(13)8(6)11(14)15/h3-4,8H,2,5H2,1H3. The molecule has 0 radical (unpaired) electrons. The number of nitro groups is 1. The first-order valence-electron chi connectivity index (χ1n) is 4.62. The lowest BCUT2D eigenvalue weighted by Gasteiger charge is -2.11. The van der Waals surface area contributed by atoms with E-state index in [1.54, 1.807) is 6.92 Å². The molecule has 0 aromatic rings. The van der Waals surface area contributed by atoms with Gasteiger partial charge in [0.25, 0.3) is 0 Å². The van der Waals surface area contributed by atoms with Gasteiger partial charge in [-0.1, -0.05) is 0 Å². The van der Waals surface area contributed by atoms with Gasteiger partial charge < -0.3 is 4.74 Å². The van der Waals surface area contributed by atoms with Crippen molar-refractivity contribution in [3.05, 3.63) is 21.8 Å². The summed E-state index contributed by atoms with van der Waals surface area (Å²) in [5.41, 5.74) is 0.100. The summed E-state index contributed by atoms with van der Waals surface area (Å²) in [5.74, 6) is -1.46. The summed E-state index contributed by atoms with van der Waals surface area (Å²) in [6.45, 7) is 1.82. The number of allylic oxidation sites excluding steroid dienone is 1. The second kappa shape index (κ2) is 5.15. The molecular weight excluding hydrogens is 216 g/mol. The zero-order chi connectivity index (χ0) is 12.1. The third-order valence-electron chi connectivity index (χ3n) is 1.94. The van der Waals surface area contributed by atoms with Crippen molar-refractivity contribution < 1.29 is 19.2 Å². The molecule has 1 amide bonds. The van der Waals surface area contributed by atoms with Crippen molar-refractivity contribution in [3.8, 4) is 0 Å². The van der Waals surface area contributed by atoms with E-state index in [0.717, 1.165) is 6.21 Å². The molecule has 0 N–H and O–H groups in total. The van der Waals surface area contributed by atoms with E-state index in [4.69, 9.17) is 0 Å². The SMILES string of the molecule is CCOC(=O)CC1=CC=NC(=O)C1[N+](=O)[O-]. The first-order chi connectivity index (χ1) is 7.56. The number of rotatable bonds is 4. The Labute approximate surface area is 90.9 Å². The number of dihydropyridines is 1. The lowest BCUT2D eigenvalue weighted by atomic mass is 10.0. The fraction of sp³-hybridized carbons (Fsp3) is 0.444. The van der Waals surface area contributed by atoms with Crippen molar-refractivity contribution in [2.75, 3.05) is 6.61 Å². The first kappa shape index (κ1) is 12.0. The van der Waals surface area contributed by atoms with Gasteiger partial charge in [-0.2, -0.15) is 0 Å². The van der Waals surface area contributed by atoms with Crippen LogP contribution in [0.2, 0.25) is 0 Å². The Hall–Kier alpha value is -2.05. The van der Waals surface area contributed by atoms with E-state index in [1.165, 1.54) is 6.08 Å². The van der Waals surface area contributed by atoms with Gasteiger partial charge in [-0.25, -0.2) is 4.99 Å². The van der Waals surface area contributed by atoms with Crippen molar-refractivity contribution in [2.45, 2.75) is 19.4 Å². The summed E-state index contributed by atoms with van der Waals surface area (Å²) in [6, 6.07) is -1.56. The average Bonchev–Trinajstić information content (AvgIpc) is 2.17. The van der Waals surface area contributed by atoms with E-state index < -0.39 is 22.8 Å². The molecular formula is C9H10N2O5. The van der Waals surface area contributed by atoms with Crippen LogP contribution in [0.3, 0.4) is 0 Å². The third-order valence-corrected chi connectivity index (χ3v) is 1.94. The molecule has 16 heavy (non-hydrogen) atoms. The zero-order valence-electron chi connectivity index (χ0n) is 8.58. The van der Waals surface area contributed by atoms with Crippen LogP contribution < -0.4 is 0 Å². The molecule has 0 aromatic heterocycles. The van der Waals surface area contributed by atoms with Crippen molar-refractivity contribution in [2.24, 2.45) is 4.99 Å². The number of aliphatic imine (C=N–C) groups is 1. The highest BCUT2D eigenvalue weighted by molar-refractivity contribution is 5.98. The predicted octanol–water partition coefficient (Wildman–Crippen LogP) is 0.122. The first-order valence-corrected chi connectivity index (χ1v) is 4.62. The van der Waals surface area contributed by atoms with E-state index in [9.17, 15) is 19.7 Å². The highest BCUT2D eigenvalue weighted by atomic mass is 16.6. The van der Waals surface area contributed by atoms with E-state index >= 15 is 0 Å². The molecule has 0 aliphatic carbocycles. The highest BCUT2D eigenvalue weighted by Crippen LogP contribution is 2.15. The summed E-state index contributed by atoms with van der Waals surface area (Å²) in [6.07, 6.45) is 2.18. The third kappa shape index (κ3) is 2.72. The van der Waals surface area contributed by atoms with Crippen LogP contribution in [0.25, 0.3) is 0 Å². The minimum atomic E-state index is -1.56. The normalized spacial score (nSPS) is 19.2. The summed E-state index contributed by atoms with van der Waals surface area (Å²) in [4.78, 5) is 35.5. The number of hydrogen-bond acceptors (Lipinski definition) is 5. The predicted molar refractivity (Wildman–Crippen MR) is 53.6 cm³/mol. The Morgan fingerprint density at radius 2 is 2.38 bits per heavy atom. The lowest BCUT2D eigenvalue weighted by Crippen LogP contribution is -2.33. The van der Waals surface area contributed by atoms with Crippen molar-refractivity contribution in [1.82, 2.24) is 0 Å². The molecule has 7 nitrogen and oxygen atoms in total. The van der Waals surface area contributed by atoms with Gasteiger partial charge in [-0.15, -0.1) is 0 Å². The molecule has 0 aromatic carbocycles. The fourth-order valence-corrected chi connectivity index (χ4v) is 1.29. The molecule has 1 aliphatic rings. The lowest BCUT2D eigenvalue weighted by molar-refractivity contribution is -0.497. The molecule has 1 aliphatic heterocycles. The number of hydrogen-bond donors (Lipinski definition) is 0. The average molecular weight is 226 g/mol. The van der Waals surface area contributed by atoms with E-state index in [-0.39, 0.29) is 18.6 Å². The van der Waals surface area contributed by atoms with Crippen molar-refractivity contribution in [1.29, 1.82) is 0 Å². The Kier molecular flexibility index (Phi) is 3.87. The second-order valence-corrected chi connectivity index (χ2v) is 3.03. The minimum absolute atomic E-state index is 0.100. The minimum Gasteiger partial charge on any atom is -0.466 e. The monoisotopic (exact) mass is 226 g/mol. The molecule has 1 unspecified atom stereocenters. The quantitative estimate of drug-likeness (QED) is 0.385. The zero-order valence-corrected chi connectivity index (χ0v) is 8.58. The molecule has 7 heteroatoms. The van der Waals surface area contributed by atoms with Crippen LogP contribution in [0.5, 0.6) is 0 Å². The summed E-state index contributed by atoms with van der Waals surface area (Å²) in [7, 11) is 0. The van der Waals surface area contributed by atoms with Gasteiger partial charge in [-0.05, 0) is 13.0 Å². The molecule has 1 rings (SSSR count). The number of carbonyl (C=O) groups is 2. The maximum atomic E-state index is 11.2. The van der Waals surface area contributed by atoms with Gasteiger partial charge >= 0.3 is 17.9 Å². The van der Waals surface area contributed by atoms with Crippen LogP contribution >= 0.6 is 0 Å². The van der Waals surface area contributed by atoms with Crippen LogP contribution in [0.1, 0.15) is 13.3 Å². The van der Waals surface area contributed by atoms with Gasteiger partial charge in [0, 0.05) is 16.7 Å². The van der Waals surface area contributed by atoms with E-state index in [2.05, 4.69) is 9.73 Å². The number of carbonyl (C=O) groups excluding carboxylic acids is 2. The second-order valence-electron chi connectivity index (χ2n) is 3.03. The van der Waals surface area contributed by atoms with Crippen LogP contribution in [-0.4, -0.2) is 35.7 Å². The van der Waals surface area contributed by atoms with Crippen molar-refractivity contribution >= 4 is 18.1 Å². The van der Waals surface area contributed by atoms with Gasteiger partial charge in [-0.3, -0.25) is 19.7 Å².